The lowest BCUT2D eigenvalue weighted by Gasteiger charge is -1.07. The molecule has 0 rings (SSSR count). The Balaban J connectivity index is -0.0000000133. The molecule has 0 N–H and O–H groups in total. The zero-order valence-corrected chi connectivity index (χ0v) is 6.83. The second-order valence-electron chi connectivity index (χ2n) is 0. The average molecular weight is 116 g/mol. The number of rotatable bonds is 0. The molecular formula is C8H20. The maximum absolute atomic E-state index is 3.00. The van der Waals surface area contributed by atoms with E-state index in [1.54, 1.807) is 0 Å². The van der Waals surface area contributed by atoms with Crippen molar-refractivity contribution >= 4 is 0 Å². The van der Waals surface area contributed by atoms with Gasteiger partial charge in [-0.25, -0.2) is 0 Å². The minimum absolute atomic E-state index is 2.00. The van der Waals surface area contributed by atoms with Crippen LogP contribution in [-0.4, -0.2) is 0 Å². The third-order valence-electron chi connectivity index (χ3n) is 0. The van der Waals surface area contributed by atoms with E-state index in [1.807, 2.05) is 27.7 Å². The summed E-state index contributed by atoms with van der Waals surface area (Å²) in [5, 5.41) is 0. The summed E-state index contributed by atoms with van der Waals surface area (Å²) in [6, 6.07) is 0. The third-order valence-corrected chi connectivity index (χ3v) is 0. The first kappa shape index (κ1) is 25.9. The molecule has 0 atom stereocenters. The van der Waals surface area contributed by atoms with Gasteiger partial charge in [-0.15, -0.1) is 26.3 Å². The van der Waals surface area contributed by atoms with Crippen LogP contribution in [0.3, 0.4) is 0 Å². The molecule has 0 radical (unpaired) electrons. The monoisotopic (exact) mass is 116 g/mol. The van der Waals surface area contributed by atoms with Crippen LogP contribution >= 0.6 is 0 Å². The number of hydrogen-bond acceptors (Lipinski definition) is 0. The van der Waals surface area contributed by atoms with Gasteiger partial charge in [0.2, 0.25) is 0 Å². The van der Waals surface area contributed by atoms with E-state index in [9.17, 15) is 0 Å². The molecule has 0 heterocycles. The van der Waals surface area contributed by atoms with Gasteiger partial charge in [-0.3, -0.25) is 0 Å². The molecule has 0 bridgehead atoms. The summed E-state index contributed by atoms with van der Waals surface area (Å²) in [6.45, 7) is 20.0. The summed E-state index contributed by atoms with van der Waals surface area (Å²) in [7, 11) is 0. The van der Waals surface area contributed by atoms with Gasteiger partial charge in [0.25, 0.3) is 0 Å². The summed E-state index contributed by atoms with van der Waals surface area (Å²) in [6.07, 6.45) is 0. The molecule has 0 aliphatic carbocycles. The Morgan fingerprint density at radius 3 is 0.500 bits per heavy atom. The van der Waals surface area contributed by atoms with Gasteiger partial charge in [0.15, 0.2) is 0 Å². The van der Waals surface area contributed by atoms with E-state index >= 15 is 0 Å². The second-order valence-corrected chi connectivity index (χ2v) is 0. The molecule has 8 heavy (non-hydrogen) atoms. The van der Waals surface area contributed by atoms with Crippen LogP contribution < -0.4 is 0 Å². The Kier molecular flexibility index (Phi) is 2330. The average Bonchev–Trinajstić information content (AvgIpc) is 2.03. The van der Waals surface area contributed by atoms with E-state index in [0.29, 0.717) is 0 Å². The lowest BCUT2D eigenvalue weighted by atomic mass is 11.0. The van der Waals surface area contributed by atoms with Crippen LogP contribution in [0.25, 0.3) is 0 Å². The van der Waals surface area contributed by atoms with Crippen molar-refractivity contribution in [3.05, 3.63) is 26.3 Å². The Labute approximate surface area is 54.9 Å². The van der Waals surface area contributed by atoms with Crippen molar-refractivity contribution in [1.82, 2.24) is 0 Å². The molecule has 0 fully saturated rings. The quantitative estimate of drug-likeness (QED) is 0.424. The van der Waals surface area contributed by atoms with Crippen LogP contribution in [0.5, 0.6) is 0 Å². The highest BCUT2D eigenvalue weighted by Crippen LogP contribution is 1.15. The molecule has 0 saturated carbocycles. The molecule has 0 heteroatoms. The highest BCUT2D eigenvalue weighted by Gasteiger charge is 0.934. The molecule has 52 valence electrons. The minimum atomic E-state index is 2.00. The van der Waals surface area contributed by atoms with Crippen LogP contribution in [-0.2, 0) is 0 Å². The predicted molar refractivity (Wildman–Crippen MR) is 45.2 cm³/mol. The maximum atomic E-state index is 3.00. The van der Waals surface area contributed by atoms with E-state index in [4.69, 9.17) is 0 Å². The largest absolute Gasteiger partial charge is 0.106 e. The smallest absolute Gasteiger partial charge is 0.0683 e. The zero-order valence-electron chi connectivity index (χ0n) is 6.83. The Morgan fingerprint density at radius 1 is 0.500 bits per heavy atom. The minimum Gasteiger partial charge on any atom is -0.106 e. The molecule has 0 saturated heterocycles. The van der Waals surface area contributed by atoms with E-state index in [1.165, 1.54) is 0 Å². The van der Waals surface area contributed by atoms with Crippen molar-refractivity contribution in [2.24, 2.45) is 0 Å². The van der Waals surface area contributed by atoms with Gasteiger partial charge in [0, 0.05) is 0 Å². The number of hydrogen-bond donors (Lipinski definition) is 0. The summed E-state index contributed by atoms with van der Waals surface area (Å²) >= 11 is 0. The Hall–Kier alpha value is -0.520. The summed E-state index contributed by atoms with van der Waals surface area (Å²) in [5.41, 5.74) is 0. The van der Waals surface area contributed by atoms with E-state index in [0.717, 1.165) is 0 Å². The molecule has 0 unspecified atom stereocenters. The molecule has 0 spiro atoms. The molecule has 0 nitrogen and oxygen atoms in total. The fourth-order valence-electron chi connectivity index (χ4n) is 0. The van der Waals surface area contributed by atoms with Gasteiger partial charge in [-0.1, -0.05) is 27.7 Å². The lowest BCUT2D eigenvalue weighted by molar-refractivity contribution is 1.50. The van der Waals surface area contributed by atoms with Gasteiger partial charge >= 0.3 is 0 Å². The van der Waals surface area contributed by atoms with Gasteiger partial charge in [-0.05, 0) is 0 Å². The van der Waals surface area contributed by atoms with Crippen molar-refractivity contribution in [2.75, 3.05) is 0 Å². The van der Waals surface area contributed by atoms with Crippen molar-refractivity contribution in [1.29, 1.82) is 0 Å². The van der Waals surface area contributed by atoms with Gasteiger partial charge in [0.1, 0.15) is 0 Å². The highest BCUT2D eigenvalue weighted by atomic mass is 13.0. The molecule has 0 aromatic carbocycles. The SMILES string of the molecule is C=C.C=C.CC.CC. The normalized spacial score (nSPS) is 2.50. The standard InChI is InChI=1S/2C2H6.2C2H4/c4*1-2/h2*1-2H3;2*1-2H2. The van der Waals surface area contributed by atoms with Gasteiger partial charge in [0.05, 0.1) is 0 Å². The Bertz CT molecular complexity index is 2.00. The van der Waals surface area contributed by atoms with Crippen molar-refractivity contribution in [2.45, 2.75) is 27.7 Å². The van der Waals surface area contributed by atoms with Crippen LogP contribution in [0.15, 0.2) is 26.3 Å². The van der Waals surface area contributed by atoms with E-state index in [2.05, 4.69) is 26.3 Å². The molecule has 0 aromatic rings. The van der Waals surface area contributed by atoms with E-state index in [-0.39, 0.29) is 0 Å². The van der Waals surface area contributed by atoms with Crippen LogP contribution in [0.1, 0.15) is 27.7 Å². The van der Waals surface area contributed by atoms with Crippen molar-refractivity contribution in [3.63, 3.8) is 0 Å². The predicted octanol–water partition coefficient (Wildman–Crippen LogP) is 3.66. The lowest BCUT2D eigenvalue weighted by Crippen LogP contribution is -0.856. The second kappa shape index (κ2) is 720. The van der Waals surface area contributed by atoms with Crippen LogP contribution in [0.2, 0.25) is 0 Å². The molecule has 0 amide bonds. The van der Waals surface area contributed by atoms with Crippen LogP contribution in [0, 0.1) is 0 Å². The van der Waals surface area contributed by atoms with E-state index < -0.39 is 0 Å². The summed E-state index contributed by atoms with van der Waals surface area (Å²) in [4.78, 5) is 0. The highest BCUT2D eigenvalue weighted by molar-refractivity contribution is 4.22. The summed E-state index contributed by atoms with van der Waals surface area (Å²) in [5.74, 6) is 0. The first-order valence-electron chi connectivity index (χ1n) is 3.00. The van der Waals surface area contributed by atoms with Gasteiger partial charge in [-0.2, -0.15) is 0 Å². The fraction of sp³-hybridized carbons (Fsp3) is 0.500. The fourth-order valence-corrected chi connectivity index (χ4v) is 0. The third kappa shape index (κ3) is 407. The molecule has 0 aliphatic heterocycles. The molecule has 0 aliphatic rings. The Morgan fingerprint density at radius 2 is 0.500 bits per heavy atom. The first-order chi connectivity index (χ1) is 4.00. The first-order valence-corrected chi connectivity index (χ1v) is 3.00. The van der Waals surface area contributed by atoms with Crippen LogP contribution in [0.4, 0.5) is 0 Å². The van der Waals surface area contributed by atoms with Crippen molar-refractivity contribution in [3.8, 4) is 0 Å². The summed E-state index contributed by atoms with van der Waals surface area (Å²) < 4.78 is 0. The van der Waals surface area contributed by atoms with Crippen molar-refractivity contribution < 1.29 is 0 Å². The topological polar surface area (TPSA) is 0 Å². The molecule has 0 aromatic heterocycles. The maximum Gasteiger partial charge on any atom is -0.0683 e. The van der Waals surface area contributed by atoms with Gasteiger partial charge < -0.3 is 0 Å². The molecular weight excluding hydrogens is 96.1 g/mol. The zero-order chi connectivity index (χ0) is 8.00.